The first-order valence-corrected chi connectivity index (χ1v) is 30.3. The minimum atomic E-state index is -0.846. The van der Waals surface area contributed by atoms with Crippen LogP contribution in [0.15, 0.2) is 182 Å². The molecular weight excluding hydrogens is 949 g/mol. The second-order valence-electron chi connectivity index (χ2n) is 19.1. The molecule has 0 heterocycles. The molecule has 0 amide bonds. The Kier molecular flexibility index (Phi) is 58.6. The fourth-order valence-corrected chi connectivity index (χ4v) is 7.48. The molecule has 77 heavy (non-hydrogen) atoms. The van der Waals surface area contributed by atoms with Crippen LogP contribution in [0.25, 0.3) is 0 Å². The molecule has 0 aliphatic carbocycles. The van der Waals surface area contributed by atoms with Crippen LogP contribution in [0.5, 0.6) is 0 Å². The molecule has 0 aromatic rings. The van der Waals surface area contributed by atoms with Crippen LogP contribution in [-0.4, -0.2) is 37.2 Å². The molecule has 6 heteroatoms. The second kappa shape index (κ2) is 63.0. The lowest BCUT2D eigenvalue weighted by Gasteiger charge is -2.18. The van der Waals surface area contributed by atoms with Gasteiger partial charge in [0.2, 0.25) is 0 Å². The second-order valence-corrected chi connectivity index (χ2v) is 19.1. The normalized spacial score (nSPS) is 13.4. The van der Waals surface area contributed by atoms with E-state index in [-0.39, 0.29) is 31.6 Å². The quantitative estimate of drug-likeness (QED) is 0.0261. The van der Waals surface area contributed by atoms with Crippen molar-refractivity contribution in [3.8, 4) is 0 Å². The monoisotopic (exact) mass is 1060 g/mol. The third-order valence-corrected chi connectivity index (χ3v) is 11.9. The van der Waals surface area contributed by atoms with Gasteiger partial charge >= 0.3 is 17.9 Å². The third kappa shape index (κ3) is 61.2. The van der Waals surface area contributed by atoms with Crippen LogP contribution in [0, 0.1) is 0 Å². The zero-order valence-corrected chi connectivity index (χ0v) is 48.9. The van der Waals surface area contributed by atoms with E-state index in [4.69, 9.17) is 14.2 Å². The highest BCUT2D eigenvalue weighted by molar-refractivity contribution is 5.71. The van der Waals surface area contributed by atoms with Crippen molar-refractivity contribution in [2.45, 2.75) is 232 Å². The highest BCUT2D eigenvalue weighted by atomic mass is 16.6. The van der Waals surface area contributed by atoms with Crippen molar-refractivity contribution in [1.29, 1.82) is 0 Å². The van der Waals surface area contributed by atoms with Crippen molar-refractivity contribution < 1.29 is 28.6 Å². The molecule has 0 fully saturated rings. The van der Waals surface area contributed by atoms with Crippen molar-refractivity contribution in [3.05, 3.63) is 182 Å². The largest absolute Gasteiger partial charge is 0.462 e. The number of carbonyl (C=O) groups excluding carboxylic acids is 3. The highest BCUT2D eigenvalue weighted by Crippen LogP contribution is 2.13. The van der Waals surface area contributed by atoms with E-state index in [2.05, 4.69) is 191 Å². The minimum absolute atomic E-state index is 0.132. The summed E-state index contributed by atoms with van der Waals surface area (Å²) in [7, 11) is 0. The van der Waals surface area contributed by atoms with Gasteiger partial charge in [-0.3, -0.25) is 14.4 Å². The van der Waals surface area contributed by atoms with Crippen LogP contribution in [0.4, 0.5) is 0 Å². The summed E-state index contributed by atoms with van der Waals surface area (Å²) in [5.74, 6) is -1.06. The van der Waals surface area contributed by atoms with Gasteiger partial charge in [0.1, 0.15) is 13.2 Å². The van der Waals surface area contributed by atoms with Gasteiger partial charge in [0.05, 0.1) is 0 Å². The lowest BCUT2D eigenvalue weighted by Crippen LogP contribution is -2.30. The van der Waals surface area contributed by atoms with Crippen LogP contribution in [0.1, 0.15) is 226 Å². The Morgan fingerprint density at radius 3 is 0.779 bits per heavy atom. The van der Waals surface area contributed by atoms with Gasteiger partial charge in [-0.2, -0.15) is 0 Å². The Morgan fingerprint density at radius 1 is 0.260 bits per heavy atom. The third-order valence-electron chi connectivity index (χ3n) is 11.9. The summed E-state index contributed by atoms with van der Waals surface area (Å²) < 4.78 is 16.8. The van der Waals surface area contributed by atoms with Crippen molar-refractivity contribution in [1.82, 2.24) is 0 Å². The number of unbranched alkanes of at least 4 members (excludes halogenated alkanes) is 11. The van der Waals surface area contributed by atoms with E-state index in [1.807, 2.05) is 12.2 Å². The Balaban J connectivity index is 4.58. The Morgan fingerprint density at radius 2 is 0.494 bits per heavy atom. The number of allylic oxidation sites excluding steroid dienone is 30. The van der Waals surface area contributed by atoms with Crippen LogP contribution in [0.3, 0.4) is 0 Å². The number of ether oxygens (including phenoxy) is 3. The standard InChI is InChI=1S/C71H108O6/c1-4-7-10-13-16-19-22-25-28-31-33-34-35-36-38-40-43-46-49-52-55-58-61-64-70(73)76-67-68(66-75-69(72)63-60-57-54-51-48-45-42-39-30-27-24-21-18-15-12-9-6-3)77-71(74)65-62-59-56-53-50-47-44-41-37-32-29-26-23-20-17-14-11-8-5-2/h7-12,16-21,25-30,33-34,36-38,41-42,45,47,50,56,59,68H,4-6,13-15,22-24,31-32,35,39-40,43-44,46,48-49,51-55,57-58,60-67H2,1-3H3/b10-7-,11-8-,12-9-,19-16-,20-17-,21-18-,28-25-,29-26-,30-27-,34-33-,38-36-,41-37-,45-42-,50-47-,59-56-. The summed E-state index contributed by atoms with van der Waals surface area (Å²) >= 11 is 0. The van der Waals surface area contributed by atoms with Gasteiger partial charge in [-0.15, -0.1) is 0 Å². The first kappa shape index (κ1) is 71.5. The number of esters is 3. The molecule has 0 spiro atoms. The summed E-state index contributed by atoms with van der Waals surface area (Å²) in [6, 6.07) is 0. The van der Waals surface area contributed by atoms with Crippen molar-refractivity contribution in [2.75, 3.05) is 13.2 Å². The lowest BCUT2D eigenvalue weighted by molar-refractivity contribution is -0.166. The molecule has 0 bridgehead atoms. The molecule has 428 valence electrons. The Labute approximate surface area is 472 Å². The molecular formula is C71H108O6. The van der Waals surface area contributed by atoms with Crippen LogP contribution in [0.2, 0.25) is 0 Å². The van der Waals surface area contributed by atoms with Gasteiger partial charge in [-0.1, -0.05) is 248 Å². The Bertz CT molecular complexity index is 1840. The first-order valence-electron chi connectivity index (χ1n) is 30.3. The van der Waals surface area contributed by atoms with E-state index in [1.54, 1.807) is 0 Å². The van der Waals surface area contributed by atoms with E-state index in [0.29, 0.717) is 19.3 Å². The molecule has 1 unspecified atom stereocenters. The predicted octanol–water partition coefficient (Wildman–Crippen LogP) is 20.9. The SMILES string of the molecule is CC/C=C\C/C=C\C/C=C\C/C=C\C/C=C\C/C=C\CCC(=O)OC(COC(=O)CCCCCC/C=C\C/C=C\C/C=C\C/C=C\CC)COC(=O)CCCCCCCCC/C=C\C/C=C\C/C=C\C/C=C\C/C=C\CC. The molecule has 0 rings (SSSR count). The molecule has 0 radical (unpaired) electrons. The van der Waals surface area contributed by atoms with Gasteiger partial charge in [0.15, 0.2) is 6.10 Å². The van der Waals surface area contributed by atoms with Crippen LogP contribution >= 0.6 is 0 Å². The molecule has 0 aromatic heterocycles. The van der Waals surface area contributed by atoms with E-state index >= 15 is 0 Å². The van der Waals surface area contributed by atoms with E-state index in [9.17, 15) is 14.4 Å². The van der Waals surface area contributed by atoms with Gasteiger partial charge in [0.25, 0.3) is 0 Å². The van der Waals surface area contributed by atoms with Crippen LogP contribution in [-0.2, 0) is 28.6 Å². The van der Waals surface area contributed by atoms with E-state index in [1.165, 1.54) is 19.3 Å². The number of hydrogen-bond donors (Lipinski definition) is 0. The number of rotatable bonds is 52. The number of carbonyl (C=O) groups is 3. The summed E-state index contributed by atoms with van der Waals surface area (Å²) in [6.07, 6.45) is 94.7. The first-order chi connectivity index (χ1) is 38.0. The van der Waals surface area contributed by atoms with Crippen molar-refractivity contribution >= 4 is 17.9 Å². The lowest BCUT2D eigenvalue weighted by atomic mass is 10.1. The molecule has 0 saturated heterocycles. The fourth-order valence-electron chi connectivity index (χ4n) is 7.48. The molecule has 0 aliphatic heterocycles. The fraction of sp³-hybridized carbons (Fsp3) is 0.535. The summed E-state index contributed by atoms with van der Waals surface area (Å²) in [5, 5.41) is 0. The minimum Gasteiger partial charge on any atom is -0.462 e. The molecule has 0 aromatic carbocycles. The number of hydrogen-bond acceptors (Lipinski definition) is 6. The zero-order chi connectivity index (χ0) is 55.7. The maximum Gasteiger partial charge on any atom is 0.306 e. The average molecular weight is 1060 g/mol. The Hall–Kier alpha value is -5.49. The van der Waals surface area contributed by atoms with Gasteiger partial charge in [-0.05, 0) is 141 Å². The molecule has 1 atom stereocenters. The van der Waals surface area contributed by atoms with E-state index < -0.39 is 12.1 Å². The van der Waals surface area contributed by atoms with Crippen molar-refractivity contribution in [3.63, 3.8) is 0 Å². The average Bonchev–Trinajstić information content (AvgIpc) is 3.43. The molecule has 0 saturated carbocycles. The van der Waals surface area contributed by atoms with Crippen molar-refractivity contribution in [2.24, 2.45) is 0 Å². The van der Waals surface area contributed by atoms with Gasteiger partial charge < -0.3 is 14.2 Å². The summed E-state index contributed by atoms with van der Waals surface area (Å²) in [5.41, 5.74) is 0. The van der Waals surface area contributed by atoms with Crippen LogP contribution < -0.4 is 0 Å². The molecule has 6 nitrogen and oxygen atoms in total. The van der Waals surface area contributed by atoms with Gasteiger partial charge in [0, 0.05) is 19.3 Å². The predicted molar refractivity (Wildman–Crippen MR) is 334 cm³/mol. The topological polar surface area (TPSA) is 78.9 Å². The smallest absolute Gasteiger partial charge is 0.306 e. The maximum atomic E-state index is 12.9. The summed E-state index contributed by atoms with van der Waals surface area (Å²) in [6.45, 7) is 6.19. The molecule has 0 aliphatic rings. The molecule has 0 N–H and O–H groups in total. The zero-order valence-electron chi connectivity index (χ0n) is 48.9. The summed E-state index contributed by atoms with van der Waals surface area (Å²) in [4.78, 5) is 38.3. The highest BCUT2D eigenvalue weighted by Gasteiger charge is 2.19. The maximum absolute atomic E-state index is 12.9. The van der Waals surface area contributed by atoms with E-state index in [0.717, 1.165) is 161 Å². The van der Waals surface area contributed by atoms with Gasteiger partial charge in [-0.25, -0.2) is 0 Å².